The van der Waals surface area contributed by atoms with Crippen molar-refractivity contribution < 1.29 is 19.1 Å². The van der Waals surface area contributed by atoms with Gasteiger partial charge in [0.25, 0.3) is 5.91 Å². The molecule has 4 aromatic rings. The molecule has 1 aliphatic heterocycles. The maximum atomic E-state index is 14.1. The zero-order valence-corrected chi connectivity index (χ0v) is 26.2. The van der Waals surface area contributed by atoms with Gasteiger partial charge in [-0.05, 0) is 62.5 Å². The van der Waals surface area contributed by atoms with Crippen molar-refractivity contribution in [1.82, 2.24) is 30.0 Å². The van der Waals surface area contributed by atoms with Crippen molar-refractivity contribution in [3.63, 3.8) is 0 Å². The van der Waals surface area contributed by atoms with Gasteiger partial charge in [0.05, 0.1) is 17.9 Å². The molecule has 5 rings (SSSR count). The number of carbonyl (C=O) groups is 3. The lowest BCUT2D eigenvalue weighted by Crippen LogP contribution is -2.57. The van der Waals surface area contributed by atoms with E-state index < -0.39 is 6.04 Å². The van der Waals surface area contributed by atoms with Crippen LogP contribution in [0.2, 0.25) is 0 Å². The minimum absolute atomic E-state index is 0.116. The van der Waals surface area contributed by atoms with Crippen LogP contribution in [0, 0.1) is 0 Å². The Bertz CT molecular complexity index is 1630. The number of amides is 4. The molecule has 3 heterocycles. The van der Waals surface area contributed by atoms with E-state index in [0.29, 0.717) is 56.3 Å². The van der Waals surface area contributed by atoms with Crippen molar-refractivity contribution in [2.24, 2.45) is 0 Å². The van der Waals surface area contributed by atoms with E-state index in [4.69, 9.17) is 4.74 Å². The lowest BCUT2D eigenvalue weighted by molar-refractivity contribution is -0.118. The quantitative estimate of drug-likeness (QED) is 0.246. The topological polar surface area (TPSA) is 123 Å². The molecule has 0 saturated carbocycles. The number of nitrogens with one attached hydrogen (secondary N) is 3. The second kappa shape index (κ2) is 14.3. The average Bonchev–Trinajstić information content (AvgIpc) is 3.48. The normalized spacial score (nSPS) is 14.7. The van der Waals surface area contributed by atoms with Crippen LogP contribution in [0.4, 0.5) is 10.5 Å². The van der Waals surface area contributed by atoms with Gasteiger partial charge in [0.2, 0.25) is 5.91 Å². The van der Waals surface area contributed by atoms with Crippen LogP contribution in [-0.2, 0) is 11.3 Å². The van der Waals surface area contributed by atoms with Crippen molar-refractivity contribution >= 4 is 34.4 Å². The molecule has 0 unspecified atom stereocenters. The van der Waals surface area contributed by atoms with Crippen LogP contribution in [0.5, 0.6) is 5.75 Å². The Morgan fingerprint density at radius 2 is 1.78 bits per heavy atom. The van der Waals surface area contributed by atoms with Crippen molar-refractivity contribution in [3.05, 3.63) is 89.9 Å². The third-order valence-corrected chi connectivity index (χ3v) is 8.04. The van der Waals surface area contributed by atoms with Crippen molar-refractivity contribution in [2.75, 3.05) is 52.2 Å². The summed E-state index contributed by atoms with van der Waals surface area (Å²) in [7, 11) is 3.97. The Kier molecular flexibility index (Phi) is 9.99. The molecule has 45 heavy (non-hydrogen) atoms. The lowest BCUT2D eigenvalue weighted by Gasteiger charge is -2.36. The lowest BCUT2D eigenvalue weighted by atomic mass is 9.92. The molecule has 4 amide bonds. The van der Waals surface area contributed by atoms with E-state index in [-0.39, 0.29) is 23.8 Å². The van der Waals surface area contributed by atoms with Gasteiger partial charge in [-0.25, -0.2) is 4.79 Å². The maximum Gasteiger partial charge on any atom is 0.318 e. The Labute approximate surface area is 263 Å². The molecule has 2 atom stereocenters. The fraction of sp³-hybridized carbons (Fsp3) is 0.353. The largest absolute Gasteiger partial charge is 0.492 e. The monoisotopic (exact) mass is 611 g/mol. The van der Waals surface area contributed by atoms with Gasteiger partial charge in [-0.1, -0.05) is 31.2 Å². The van der Waals surface area contributed by atoms with Crippen LogP contribution in [0.25, 0.3) is 10.9 Å². The third-order valence-electron chi connectivity index (χ3n) is 8.04. The summed E-state index contributed by atoms with van der Waals surface area (Å²) in [6.07, 6.45) is 5.07. The van der Waals surface area contributed by atoms with E-state index in [1.807, 2.05) is 81.5 Å². The number of ether oxygens (including phenoxy) is 1. The second-order valence-corrected chi connectivity index (χ2v) is 11.5. The van der Waals surface area contributed by atoms with Crippen LogP contribution in [-0.4, -0.2) is 95.4 Å². The number of hydrogen-bond acceptors (Lipinski definition) is 6. The number of benzene rings is 2. The van der Waals surface area contributed by atoms with Gasteiger partial charge >= 0.3 is 6.03 Å². The van der Waals surface area contributed by atoms with Crippen LogP contribution >= 0.6 is 0 Å². The van der Waals surface area contributed by atoms with E-state index in [1.165, 1.54) is 0 Å². The highest BCUT2D eigenvalue weighted by Gasteiger charge is 2.33. The first-order valence-electron chi connectivity index (χ1n) is 15.3. The number of hydrogen-bond donors (Lipinski definition) is 3. The fourth-order valence-electron chi connectivity index (χ4n) is 5.71. The van der Waals surface area contributed by atoms with E-state index >= 15 is 0 Å². The molecule has 0 radical (unpaired) electrons. The number of carbonyl (C=O) groups excluding carboxylic acids is 3. The zero-order valence-electron chi connectivity index (χ0n) is 26.2. The highest BCUT2D eigenvalue weighted by Crippen LogP contribution is 2.31. The summed E-state index contributed by atoms with van der Waals surface area (Å²) in [5.41, 5.74) is 3.95. The second-order valence-electron chi connectivity index (χ2n) is 11.5. The summed E-state index contributed by atoms with van der Waals surface area (Å²) in [6.45, 7) is 6.41. The van der Waals surface area contributed by atoms with Gasteiger partial charge in [0.1, 0.15) is 11.8 Å². The molecule has 11 heteroatoms. The molecule has 0 bridgehead atoms. The van der Waals surface area contributed by atoms with E-state index in [1.54, 1.807) is 34.3 Å². The number of aromatic nitrogens is 2. The number of urea groups is 1. The maximum absolute atomic E-state index is 14.1. The van der Waals surface area contributed by atoms with Gasteiger partial charge in [0, 0.05) is 68.1 Å². The number of nitrogens with zero attached hydrogens (tertiary/aromatic N) is 4. The van der Waals surface area contributed by atoms with Crippen LogP contribution in [0.1, 0.15) is 41.3 Å². The fourth-order valence-corrected chi connectivity index (χ4v) is 5.71. The highest BCUT2D eigenvalue weighted by molar-refractivity contribution is 5.99. The van der Waals surface area contributed by atoms with Crippen LogP contribution < -0.4 is 15.4 Å². The highest BCUT2D eigenvalue weighted by atomic mass is 16.5. The van der Waals surface area contributed by atoms with E-state index in [2.05, 4.69) is 20.6 Å². The Balaban J connectivity index is 1.36. The third kappa shape index (κ3) is 7.43. The molecule has 1 saturated heterocycles. The molecule has 2 aromatic carbocycles. The summed E-state index contributed by atoms with van der Waals surface area (Å²) in [5.74, 6) is -0.281. The molecule has 0 spiro atoms. The van der Waals surface area contributed by atoms with Crippen molar-refractivity contribution in [2.45, 2.75) is 32.4 Å². The number of piperazine rings is 1. The number of aromatic amines is 1. The van der Waals surface area contributed by atoms with Gasteiger partial charge in [0.15, 0.2) is 0 Å². The molecular weight excluding hydrogens is 570 g/mol. The molecular formula is C34H41N7O4. The molecule has 236 valence electrons. The number of rotatable bonds is 10. The first kappa shape index (κ1) is 31.5. The molecule has 3 N–H and O–H groups in total. The SMILES string of the molecule is CCOc1ccc(CN(C)C)cc1NC(=O)[C@H](NC(=O)N1CCN(C(=O)c2cccnc2)CC1)[C@@H](C)c1c[nH]c2ccccc12. The Hall–Kier alpha value is -4.90. The summed E-state index contributed by atoms with van der Waals surface area (Å²) < 4.78 is 5.84. The predicted molar refractivity (Wildman–Crippen MR) is 174 cm³/mol. The molecule has 1 aliphatic rings. The van der Waals surface area contributed by atoms with Gasteiger partial charge in [-0.15, -0.1) is 0 Å². The Morgan fingerprint density at radius 3 is 2.49 bits per heavy atom. The number of pyridine rings is 1. The van der Waals surface area contributed by atoms with Gasteiger partial charge < -0.3 is 35.1 Å². The van der Waals surface area contributed by atoms with Gasteiger partial charge in [-0.3, -0.25) is 14.6 Å². The summed E-state index contributed by atoms with van der Waals surface area (Å²) in [4.78, 5) is 53.4. The number of para-hydroxylation sites is 1. The minimum Gasteiger partial charge on any atom is -0.492 e. The van der Waals surface area contributed by atoms with Gasteiger partial charge in [-0.2, -0.15) is 0 Å². The summed E-state index contributed by atoms with van der Waals surface area (Å²) in [5, 5.41) is 7.08. The van der Waals surface area contributed by atoms with Crippen molar-refractivity contribution in [3.8, 4) is 5.75 Å². The standard InChI is InChI=1S/C34H41N7O4/c1-5-45-30-13-12-24(22-39(3)4)19-29(30)37-32(42)31(23(2)27-21-36-28-11-7-6-10-26(27)28)38-34(44)41-17-15-40(16-18-41)33(43)25-9-8-14-35-20-25/h6-14,19-21,23,31,36H,5,15-18,22H2,1-4H3,(H,37,42)(H,38,44)/t23-,31+/m0/s1. The summed E-state index contributed by atoms with van der Waals surface area (Å²) >= 11 is 0. The van der Waals surface area contributed by atoms with Crippen LogP contribution in [0.15, 0.2) is 73.2 Å². The Morgan fingerprint density at radius 1 is 1.02 bits per heavy atom. The minimum atomic E-state index is -0.904. The van der Waals surface area contributed by atoms with Crippen molar-refractivity contribution in [1.29, 1.82) is 0 Å². The molecule has 11 nitrogen and oxygen atoms in total. The first-order chi connectivity index (χ1) is 21.7. The first-order valence-corrected chi connectivity index (χ1v) is 15.3. The summed E-state index contributed by atoms with van der Waals surface area (Å²) in [6, 6.07) is 15.8. The molecule has 0 aliphatic carbocycles. The number of H-pyrrole nitrogens is 1. The smallest absolute Gasteiger partial charge is 0.318 e. The zero-order chi connectivity index (χ0) is 31.9. The predicted octanol–water partition coefficient (Wildman–Crippen LogP) is 4.30. The molecule has 2 aromatic heterocycles. The number of anilines is 1. The van der Waals surface area contributed by atoms with E-state index in [9.17, 15) is 14.4 Å². The average molecular weight is 612 g/mol. The number of fused-ring (bicyclic) bond motifs is 1. The molecule has 1 fully saturated rings. The van der Waals surface area contributed by atoms with E-state index in [0.717, 1.165) is 22.0 Å². The van der Waals surface area contributed by atoms with Crippen LogP contribution in [0.3, 0.4) is 0 Å².